The van der Waals surface area contributed by atoms with E-state index in [0.29, 0.717) is 16.8 Å². The van der Waals surface area contributed by atoms with E-state index in [1.54, 1.807) is 24.3 Å². The van der Waals surface area contributed by atoms with Crippen LogP contribution in [0, 0.1) is 5.82 Å². The molecular formula is C28H28Cl2FN5O2. The zero-order valence-corrected chi connectivity index (χ0v) is 22.4. The van der Waals surface area contributed by atoms with Gasteiger partial charge in [-0.2, -0.15) is 4.98 Å². The summed E-state index contributed by atoms with van der Waals surface area (Å²) in [6, 6.07) is 20.7. The average Bonchev–Trinajstić information content (AvgIpc) is 2.93. The molecule has 0 amide bonds. The van der Waals surface area contributed by atoms with Gasteiger partial charge in [-0.15, -0.1) is 12.4 Å². The van der Waals surface area contributed by atoms with E-state index in [4.69, 9.17) is 26.3 Å². The summed E-state index contributed by atoms with van der Waals surface area (Å²) in [4.78, 5) is 26.9. The molecular weight excluding hydrogens is 528 g/mol. The van der Waals surface area contributed by atoms with Gasteiger partial charge in [-0.05, 0) is 47.5 Å². The number of hydrogen-bond acceptors (Lipinski definition) is 7. The predicted molar refractivity (Wildman–Crippen MR) is 151 cm³/mol. The lowest BCUT2D eigenvalue weighted by Gasteiger charge is -2.35. The predicted octanol–water partition coefficient (Wildman–Crippen LogP) is 5.49. The van der Waals surface area contributed by atoms with E-state index in [1.165, 1.54) is 19.2 Å². The molecule has 1 aliphatic heterocycles. The normalized spacial score (nSPS) is 14.6. The summed E-state index contributed by atoms with van der Waals surface area (Å²) in [5.74, 6) is 0.500. The van der Waals surface area contributed by atoms with Gasteiger partial charge in [-0.3, -0.25) is 4.90 Å². The molecule has 0 spiro atoms. The summed E-state index contributed by atoms with van der Waals surface area (Å²) in [6.45, 7) is 3.91. The van der Waals surface area contributed by atoms with Gasteiger partial charge in [0.05, 0.1) is 12.6 Å². The Morgan fingerprint density at radius 1 is 1.00 bits per heavy atom. The van der Waals surface area contributed by atoms with E-state index < -0.39 is 12.0 Å². The van der Waals surface area contributed by atoms with E-state index in [1.807, 2.05) is 36.4 Å². The number of nitrogens with one attached hydrogen (secondary N) is 1. The van der Waals surface area contributed by atoms with Gasteiger partial charge in [0.1, 0.15) is 11.6 Å². The zero-order chi connectivity index (χ0) is 25.8. The first kappa shape index (κ1) is 27.6. The number of methoxy groups -OCH3 is 1. The maximum absolute atomic E-state index is 13.2. The lowest BCUT2D eigenvalue weighted by Crippen LogP contribution is -2.46. The summed E-state index contributed by atoms with van der Waals surface area (Å²) in [5, 5.41) is 4.69. The van der Waals surface area contributed by atoms with Crippen molar-refractivity contribution in [1.82, 2.24) is 14.9 Å². The molecule has 1 aromatic heterocycles. The van der Waals surface area contributed by atoms with E-state index in [2.05, 4.69) is 15.1 Å². The van der Waals surface area contributed by atoms with E-state index in [-0.39, 0.29) is 18.2 Å². The van der Waals surface area contributed by atoms with Crippen LogP contribution in [0.2, 0.25) is 5.02 Å². The minimum atomic E-state index is -0.763. The van der Waals surface area contributed by atoms with Crippen LogP contribution in [0.4, 0.5) is 16.2 Å². The molecule has 3 aromatic carbocycles. The number of anilines is 2. The third-order valence-electron chi connectivity index (χ3n) is 6.49. The van der Waals surface area contributed by atoms with E-state index >= 15 is 0 Å². The Morgan fingerprint density at radius 3 is 2.37 bits per heavy atom. The second-order valence-electron chi connectivity index (χ2n) is 8.93. The highest BCUT2D eigenvalue weighted by Gasteiger charge is 2.25. The average molecular weight is 556 g/mol. The number of halogens is 3. The van der Waals surface area contributed by atoms with Crippen molar-refractivity contribution in [1.29, 1.82) is 0 Å². The van der Waals surface area contributed by atoms with Gasteiger partial charge in [-0.25, -0.2) is 14.2 Å². The number of fused-ring (bicyclic) bond motifs is 1. The maximum Gasteiger partial charge on any atom is 0.333 e. The lowest BCUT2D eigenvalue weighted by molar-refractivity contribution is -0.141. The minimum absolute atomic E-state index is 0. The van der Waals surface area contributed by atoms with Crippen molar-refractivity contribution in [3.63, 3.8) is 0 Å². The first-order valence-corrected chi connectivity index (χ1v) is 12.5. The fourth-order valence-electron chi connectivity index (χ4n) is 4.46. The highest BCUT2D eigenvalue weighted by Crippen LogP contribution is 2.29. The number of esters is 1. The Balaban J connectivity index is 0.00000336. The molecule has 4 aromatic rings. The van der Waals surface area contributed by atoms with Crippen LogP contribution in [-0.4, -0.2) is 54.1 Å². The summed E-state index contributed by atoms with van der Waals surface area (Å²) >= 11 is 6.06. The highest BCUT2D eigenvalue weighted by molar-refractivity contribution is 6.30. The Morgan fingerprint density at radius 2 is 1.68 bits per heavy atom. The molecule has 0 bridgehead atoms. The topological polar surface area (TPSA) is 70.6 Å². The fourth-order valence-corrected chi connectivity index (χ4v) is 4.58. The summed E-state index contributed by atoms with van der Waals surface area (Å²) in [5.41, 5.74) is 2.58. The fraction of sp³-hybridized carbons (Fsp3) is 0.250. The van der Waals surface area contributed by atoms with Gasteiger partial charge >= 0.3 is 5.97 Å². The number of piperazine rings is 1. The number of rotatable bonds is 7. The van der Waals surface area contributed by atoms with E-state index in [9.17, 15) is 9.18 Å². The van der Waals surface area contributed by atoms with Gasteiger partial charge in [0, 0.05) is 43.1 Å². The molecule has 1 unspecified atom stereocenters. The molecule has 1 aliphatic rings. The maximum atomic E-state index is 13.2. The van der Waals surface area contributed by atoms with Crippen molar-refractivity contribution >= 4 is 52.6 Å². The van der Waals surface area contributed by atoms with Crippen LogP contribution < -0.4 is 10.2 Å². The third kappa shape index (κ3) is 6.32. The molecule has 198 valence electrons. The summed E-state index contributed by atoms with van der Waals surface area (Å²) in [7, 11) is 1.36. The van der Waals surface area contributed by atoms with Crippen molar-refractivity contribution in [2.45, 2.75) is 12.6 Å². The number of aromatic nitrogens is 2. The molecule has 0 aliphatic carbocycles. The number of benzene rings is 3. The number of nitrogens with zero attached hydrogens (tertiary/aromatic N) is 4. The first-order chi connectivity index (χ1) is 18.0. The Bertz CT molecular complexity index is 1380. The zero-order valence-electron chi connectivity index (χ0n) is 20.8. The smallest absolute Gasteiger partial charge is 0.333 e. The molecule has 5 rings (SSSR count). The van der Waals surface area contributed by atoms with Crippen molar-refractivity contribution < 1.29 is 13.9 Å². The molecule has 1 N–H and O–H groups in total. The molecule has 1 saturated heterocycles. The third-order valence-corrected chi connectivity index (χ3v) is 6.74. The largest absolute Gasteiger partial charge is 0.467 e. The molecule has 1 atom stereocenters. The second-order valence-corrected chi connectivity index (χ2v) is 9.37. The van der Waals surface area contributed by atoms with Gasteiger partial charge in [0.15, 0.2) is 6.04 Å². The quantitative estimate of drug-likeness (QED) is 0.302. The van der Waals surface area contributed by atoms with Gasteiger partial charge in [0.25, 0.3) is 0 Å². The first-order valence-electron chi connectivity index (χ1n) is 12.1. The number of para-hydroxylation sites is 1. The molecule has 7 nitrogen and oxygen atoms in total. The monoisotopic (exact) mass is 555 g/mol. The number of carbonyl (C=O) groups excluding carboxylic acids is 1. The van der Waals surface area contributed by atoms with Crippen molar-refractivity contribution in [2.75, 3.05) is 43.5 Å². The van der Waals surface area contributed by atoms with Gasteiger partial charge in [-0.1, -0.05) is 48.0 Å². The summed E-state index contributed by atoms with van der Waals surface area (Å²) < 4.78 is 18.3. The molecule has 0 radical (unpaired) electrons. The summed E-state index contributed by atoms with van der Waals surface area (Å²) in [6.07, 6.45) is 0. The number of ether oxygens (including phenoxy) is 1. The van der Waals surface area contributed by atoms with Crippen LogP contribution >= 0.6 is 24.0 Å². The van der Waals surface area contributed by atoms with Crippen LogP contribution in [0.3, 0.4) is 0 Å². The molecule has 38 heavy (non-hydrogen) atoms. The van der Waals surface area contributed by atoms with Crippen LogP contribution in [-0.2, 0) is 16.1 Å². The Hall–Kier alpha value is -3.46. The molecule has 1 fully saturated rings. The van der Waals surface area contributed by atoms with Gasteiger partial charge < -0.3 is 15.0 Å². The second kappa shape index (κ2) is 12.4. The molecule has 0 saturated carbocycles. The highest BCUT2D eigenvalue weighted by atomic mass is 35.5. The van der Waals surface area contributed by atoms with E-state index in [0.717, 1.165) is 54.8 Å². The van der Waals surface area contributed by atoms with Crippen molar-refractivity contribution in [3.8, 4) is 0 Å². The lowest BCUT2D eigenvalue weighted by atomic mass is 10.1. The Kier molecular flexibility index (Phi) is 8.99. The van der Waals surface area contributed by atoms with Crippen LogP contribution in [0.5, 0.6) is 0 Å². The minimum Gasteiger partial charge on any atom is -0.467 e. The molecule has 10 heteroatoms. The van der Waals surface area contributed by atoms with Crippen LogP contribution in [0.25, 0.3) is 10.9 Å². The SMILES string of the molecule is COC(=O)C(Nc1nc(N2CCN(Cc3ccc(F)cc3)CC2)nc2ccccc12)c1ccc(Cl)cc1.Cl. The van der Waals surface area contributed by atoms with Crippen molar-refractivity contribution in [2.24, 2.45) is 0 Å². The number of hydrogen-bond donors (Lipinski definition) is 1. The van der Waals surface area contributed by atoms with Gasteiger partial charge in [0.2, 0.25) is 5.95 Å². The standard InChI is InChI=1S/C28H27ClFN5O2.ClH/c1-37-27(36)25(20-8-10-21(29)11-9-20)32-26-23-4-2-3-5-24(23)31-28(33-26)35-16-14-34(15-17-35)18-19-6-12-22(30)13-7-19;/h2-13,25H,14-18H2,1H3,(H,31,32,33);1H. The number of carbonyl (C=O) groups is 1. The Labute approximate surface area is 232 Å². The van der Waals surface area contributed by atoms with Crippen LogP contribution in [0.1, 0.15) is 17.2 Å². The van der Waals surface area contributed by atoms with Crippen molar-refractivity contribution in [3.05, 3.63) is 94.8 Å². The molecule has 2 heterocycles. The van der Waals surface area contributed by atoms with Crippen LogP contribution in [0.15, 0.2) is 72.8 Å².